The van der Waals surface area contributed by atoms with Gasteiger partial charge in [0.15, 0.2) is 0 Å². The molecular formula is C18H22N2O. The Balaban J connectivity index is 2.01. The number of benzene rings is 2. The van der Waals surface area contributed by atoms with Crippen molar-refractivity contribution < 1.29 is 4.79 Å². The van der Waals surface area contributed by atoms with Gasteiger partial charge in [0, 0.05) is 12.2 Å². The second-order valence-corrected chi connectivity index (χ2v) is 5.51. The van der Waals surface area contributed by atoms with E-state index < -0.39 is 0 Å². The fraction of sp³-hybridized carbons (Fsp3) is 0.278. The Bertz CT molecular complexity index is 639. The van der Waals surface area contributed by atoms with E-state index in [1.165, 1.54) is 11.1 Å². The molecule has 0 aromatic heterocycles. The summed E-state index contributed by atoms with van der Waals surface area (Å²) in [7, 11) is 0. The summed E-state index contributed by atoms with van der Waals surface area (Å²) in [5.74, 6) is 0. The number of carbonyl (C=O) groups excluding carboxylic acids is 1. The molecule has 0 aliphatic rings. The van der Waals surface area contributed by atoms with Crippen molar-refractivity contribution in [3.63, 3.8) is 0 Å². The summed E-state index contributed by atoms with van der Waals surface area (Å²) in [4.78, 5) is 12.1. The Morgan fingerprint density at radius 2 is 1.57 bits per heavy atom. The predicted molar refractivity (Wildman–Crippen MR) is 87.7 cm³/mol. The molecule has 2 rings (SSSR count). The van der Waals surface area contributed by atoms with Gasteiger partial charge in [-0.15, -0.1) is 0 Å². The lowest BCUT2D eigenvalue weighted by atomic mass is 10.1. The topological polar surface area (TPSA) is 41.1 Å². The highest BCUT2D eigenvalue weighted by molar-refractivity contribution is 5.91. The Labute approximate surface area is 126 Å². The van der Waals surface area contributed by atoms with E-state index in [0.717, 1.165) is 22.4 Å². The van der Waals surface area contributed by atoms with E-state index in [0.29, 0.717) is 6.54 Å². The van der Waals surface area contributed by atoms with Gasteiger partial charge < -0.3 is 10.6 Å². The van der Waals surface area contributed by atoms with Gasteiger partial charge in [0.1, 0.15) is 0 Å². The standard InChI is InChI=1S/C18H22N2O/c1-12-9-14(3)17(15(4)10-12)20-18(21)19-11-16-8-6-5-7-13(16)2/h5-10H,11H2,1-4H3,(H2,19,20,21). The molecule has 2 amide bonds. The van der Waals surface area contributed by atoms with E-state index in [1.54, 1.807) is 0 Å². The molecule has 2 aromatic rings. The van der Waals surface area contributed by atoms with Crippen molar-refractivity contribution in [3.05, 3.63) is 64.2 Å². The molecule has 0 unspecified atom stereocenters. The van der Waals surface area contributed by atoms with Gasteiger partial charge in [-0.3, -0.25) is 0 Å². The molecule has 0 saturated heterocycles. The number of nitrogens with one attached hydrogen (secondary N) is 2. The molecule has 0 spiro atoms. The van der Waals surface area contributed by atoms with E-state index in [-0.39, 0.29) is 6.03 Å². The third kappa shape index (κ3) is 3.85. The van der Waals surface area contributed by atoms with Crippen molar-refractivity contribution >= 4 is 11.7 Å². The average Bonchev–Trinajstić information content (AvgIpc) is 2.42. The minimum Gasteiger partial charge on any atom is -0.334 e. The van der Waals surface area contributed by atoms with Crippen LogP contribution in [0.15, 0.2) is 36.4 Å². The van der Waals surface area contributed by atoms with Gasteiger partial charge in [0.2, 0.25) is 0 Å². The molecule has 0 saturated carbocycles. The summed E-state index contributed by atoms with van der Waals surface area (Å²) in [6.07, 6.45) is 0. The maximum Gasteiger partial charge on any atom is 0.319 e. The molecule has 2 N–H and O–H groups in total. The molecule has 3 nitrogen and oxygen atoms in total. The van der Waals surface area contributed by atoms with Gasteiger partial charge in [0.05, 0.1) is 0 Å². The lowest BCUT2D eigenvalue weighted by Crippen LogP contribution is -2.29. The summed E-state index contributed by atoms with van der Waals surface area (Å²) >= 11 is 0. The fourth-order valence-corrected chi connectivity index (χ4v) is 2.52. The van der Waals surface area contributed by atoms with Gasteiger partial charge in [-0.05, 0) is 49.9 Å². The summed E-state index contributed by atoms with van der Waals surface area (Å²) in [6.45, 7) is 8.65. The number of rotatable bonds is 3. The van der Waals surface area contributed by atoms with E-state index in [4.69, 9.17) is 0 Å². The normalized spacial score (nSPS) is 10.3. The van der Waals surface area contributed by atoms with Crippen LogP contribution in [0, 0.1) is 27.7 Å². The van der Waals surface area contributed by atoms with E-state index in [2.05, 4.69) is 29.7 Å². The largest absolute Gasteiger partial charge is 0.334 e. The maximum absolute atomic E-state index is 12.1. The van der Waals surface area contributed by atoms with Gasteiger partial charge in [-0.2, -0.15) is 0 Å². The van der Waals surface area contributed by atoms with Crippen molar-refractivity contribution in [3.8, 4) is 0 Å². The Hall–Kier alpha value is -2.29. The van der Waals surface area contributed by atoms with Crippen LogP contribution in [0.3, 0.4) is 0 Å². The van der Waals surface area contributed by atoms with Crippen LogP contribution in [0.25, 0.3) is 0 Å². The van der Waals surface area contributed by atoms with Crippen molar-refractivity contribution in [2.24, 2.45) is 0 Å². The van der Waals surface area contributed by atoms with Crippen LogP contribution in [0.1, 0.15) is 27.8 Å². The van der Waals surface area contributed by atoms with Crippen LogP contribution in [-0.4, -0.2) is 6.03 Å². The minimum absolute atomic E-state index is 0.173. The van der Waals surface area contributed by atoms with Crippen LogP contribution >= 0.6 is 0 Å². The Morgan fingerprint density at radius 1 is 0.952 bits per heavy atom. The zero-order chi connectivity index (χ0) is 15.4. The van der Waals surface area contributed by atoms with Crippen molar-refractivity contribution in [1.82, 2.24) is 5.32 Å². The van der Waals surface area contributed by atoms with Crippen LogP contribution in [0.2, 0.25) is 0 Å². The van der Waals surface area contributed by atoms with Crippen molar-refractivity contribution in [1.29, 1.82) is 0 Å². The quantitative estimate of drug-likeness (QED) is 0.868. The molecule has 0 aliphatic carbocycles. The molecule has 21 heavy (non-hydrogen) atoms. The molecule has 0 heterocycles. The number of carbonyl (C=O) groups is 1. The second kappa shape index (κ2) is 6.44. The Morgan fingerprint density at radius 3 is 2.19 bits per heavy atom. The molecule has 0 aliphatic heterocycles. The smallest absolute Gasteiger partial charge is 0.319 e. The SMILES string of the molecule is Cc1cc(C)c(NC(=O)NCc2ccccc2C)c(C)c1. The molecular weight excluding hydrogens is 260 g/mol. The van der Waals surface area contributed by atoms with E-state index >= 15 is 0 Å². The number of hydrogen-bond acceptors (Lipinski definition) is 1. The first-order chi connectivity index (χ1) is 9.97. The lowest BCUT2D eigenvalue weighted by molar-refractivity contribution is 0.251. The Kier molecular flexibility index (Phi) is 4.63. The summed E-state index contributed by atoms with van der Waals surface area (Å²) in [5.41, 5.74) is 6.57. The number of hydrogen-bond donors (Lipinski definition) is 2. The lowest BCUT2D eigenvalue weighted by Gasteiger charge is -2.14. The van der Waals surface area contributed by atoms with E-state index in [9.17, 15) is 4.79 Å². The molecule has 0 fully saturated rings. The maximum atomic E-state index is 12.1. The zero-order valence-corrected chi connectivity index (χ0v) is 13.1. The first kappa shape index (κ1) is 15.1. The highest BCUT2D eigenvalue weighted by Gasteiger charge is 2.08. The van der Waals surface area contributed by atoms with Crippen LogP contribution in [0.5, 0.6) is 0 Å². The molecule has 3 heteroatoms. The van der Waals surface area contributed by atoms with Gasteiger partial charge in [-0.25, -0.2) is 4.79 Å². The van der Waals surface area contributed by atoms with Crippen molar-refractivity contribution in [2.45, 2.75) is 34.2 Å². The highest BCUT2D eigenvalue weighted by atomic mass is 16.2. The second-order valence-electron chi connectivity index (χ2n) is 5.51. The number of anilines is 1. The van der Waals surface area contributed by atoms with Crippen LogP contribution in [0.4, 0.5) is 10.5 Å². The summed E-state index contributed by atoms with van der Waals surface area (Å²) in [6, 6.07) is 12.0. The first-order valence-electron chi connectivity index (χ1n) is 7.14. The molecule has 110 valence electrons. The number of aryl methyl sites for hydroxylation is 4. The monoisotopic (exact) mass is 282 g/mol. The minimum atomic E-state index is -0.173. The third-order valence-electron chi connectivity index (χ3n) is 3.62. The van der Waals surface area contributed by atoms with Crippen LogP contribution < -0.4 is 10.6 Å². The van der Waals surface area contributed by atoms with Crippen LogP contribution in [-0.2, 0) is 6.54 Å². The predicted octanol–water partition coefficient (Wildman–Crippen LogP) is 4.24. The number of amides is 2. The average molecular weight is 282 g/mol. The molecule has 0 bridgehead atoms. The van der Waals surface area contributed by atoms with Gasteiger partial charge in [-0.1, -0.05) is 42.0 Å². The number of urea groups is 1. The fourth-order valence-electron chi connectivity index (χ4n) is 2.52. The summed E-state index contributed by atoms with van der Waals surface area (Å²) < 4.78 is 0. The first-order valence-corrected chi connectivity index (χ1v) is 7.14. The molecule has 0 atom stereocenters. The molecule has 2 aromatic carbocycles. The third-order valence-corrected chi connectivity index (χ3v) is 3.62. The van der Waals surface area contributed by atoms with Gasteiger partial charge >= 0.3 is 6.03 Å². The highest BCUT2D eigenvalue weighted by Crippen LogP contribution is 2.21. The summed E-state index contributed by atoms with van der Waals surface area (Å²) in [5, 5.41) is 5.85. The van der Waals surface area contributed by atoms with E-state index in [1.807, 2.05) is 45.0 Å². The zero-order valence-electron chi connectivity index (χ0n) is 13.1. The van der Waals surface area contributed by atoms with Crippen molar-refractivity contribution in [2.75, 3.05) is 5.32 Å². The molecule has 0 radical (unpaired) electrons. The van der Waals surface area contributed by atoms with Gasteiger partial charge in [0.25, 0.3) is 0 Å².